The Labute approximate surface area is 188 Å². The van der Waals surface area contributed by atoms with Gasteiger partial charge in [0.25, 0.3) is 0 Å². The zero-order chi connectivity index (χ0) is 16.7. The molecule has 2 nitrogen and oxygen atoms in total. The van der Waals surface area contributed by atoms with E-state index in [9.17, 15) is 4.79 Å². The third-order valence-electron chi connectivity index (χ3n) is 3.79. The number of carbonyl (C=O) groups excluding carboxylic acids is 1. The normalized spacial score (nSPS) is 9.56. The van der Waals surface area contributed by atoms with Crippen LogP contribution in [0.1, 0.15) is 50.3 Å². The number of benzene rings is 2. The molecule has 0 aromatic heterocycles. The molecule has 2 rings (SSSR count). The Morgan fingerprint density at radius 2 is 1.84 bits per heavy atom. The molecule has 0 aliphatic carbocycles. The van der Waals surface area contributed by atoms with Crippen molar-refractivity contribution in [3.05, 3.63) is 65.6 Å². The largest absolute Gasteiger partial charge is 0.483 e. The van der Waals surface area contributed by atoms with E-state index >= 15 is 0 Å². The summed E-state index contributed by atoms with van der Waals surface area (Å²) in [4.78, 5) is 11.0. The van der Waals surface area contributed by atoms with E-state index in [-0.39, 0.29) is 56.4 Å². The number of Topliss-reactive ketones (excluding diaryl/α,β-unsaturated/α-hetero) is 1. The van der Waals surface area contributed by atoms with E-state index in [0.717, 1.165) is 36.3 Å². The first-order valence-electron chi connectivity index (χ1n) is 8.27. The zero-order valence-electron chi connectivity index (χ0n) is 15.4. The molecule has 0 heterocycles. The molecule has 0 amide bonds. The molecule has 0 radical (unpaired) electrons. The predicted octanol–water partition coefficient (Wildman–Crippen LogP) is 5.32. The van der Waals surface area contributed by atoms with E-state index in [1.807, 2.05) is 30.3 Å². The molecule has 4 heteroatoms. The minimum atomic E-state index is 0. The first-order chi connectivity index (χ1) is 11.1. The number of aryl methyl sites for hydroxylation is 1. The minimum Gasteiger partial charge on any atom is -0.483 e. The molecule has 0 bridgehead atoms. The third-order valence-corrected chi connectivity index (χ3v) is 3.79. The van der Waals surface area contributed by atoms with E-state index in [0.29, 0.717) is 6.42 Å². The molecule has 25 heavy (non-hydrogen) atoms. The molecule has 0 saturated carbocycles. The first kappa shape index (κ1) is 24.5. The van der Waals surface area contributed by atoms with E-state index in [1.54, 1.807) is 6.92 Å². The van der Waals surface area contributed by atoms with Crippen LogP contribution in [-0.2, 0) is 37.1 Å². The summed E-state index contributed by atoms with van der Waals surface area (Å²) >= 11 is 0. The molecule has 0 fully saturated rings. The van der Waals surface area contributed by atoms with Gasteiger partial charge in [0.2, 0.25) is 0 Å². The maximum absolute atomic E-state index is 11.0. The maximum atomic E-state index is 11.0. The molecule has 0 atom stereocenters. The van der Waals surface area contributed by atoms with Gasteiger partial charge in [-0.25, -0.2) is 0 Å². The summed E-state index contributed by atoms with van der Waals surface area (Å²) in [6.45, 7) is 5.89. The van der Waals surface area contributed by atoms with Crippen LogP contribution in [0.5, 0.6) is 11.5 Å². The summed E-state index contributed by atoms with van der Waals surface area (Å²) in [6.07, 6.45) is 5.49. The van der Waals surface area contributed by atoms with Crippen molar-refractivity contribution in [2.45, 2.75) is 46.5 Å². The van der Waals surface area contributed by atoms with Gasteiger partial charge in [0.15, 0.2) is 0 Å². The number of ketones is 1. The van der Waals surface area contributed by atoms with Crippen LogP contribution >= 0.6 is 0 Å². The van der Waals surface area contributed by atoms with Crippen LogP contribution in [0.15, 0.2) is 36.4 Å². The molecule has 128 valence electrons. The van der Waals surface area contributed by atoms with Gasteiger partial charge in [0.1, 0.15) is 11.5 Å². The van der Waals surface area contributed by atoms with Crippen molar-refractivity contribution in [1.82, 2.24) is 0 Å². The van der Waals surface area contributed by atoms with E-state index in [2.05, 4.69) is 32.4 Å². The fraction of sp³-hybridized carbons (Fsp3) is 0.333. The monoisotopic (exact) mass is 610 g/mol. The SMILES string of the molecule is CC[CH-]c1cc[c-]c(Oc2ccc(CCC(C)=O)cc2)c1CC.[U].[Zn]. The quantitative estimate of drug-likeness (QED) is 0.298. The second-order valence-corrected chi connectivity index (χ2v) is 5.65. The topological polar surface area (TPSA) is 26.3 Å². The Morgan fingerprint density at radius 3 is 2.40 bits per heavy atom. The van der Waals surface area contributed by atoms with Crippen LogP contribution in [0, 0.1) is 43.6 Å². The number of ether oxygens (including phenoxy) is 1. The van der Waals surface area contributed by atoms with Gasteiger partial charge in [-0.15, -0.1) is 11.6 Å². The molecule has 0 N–H and O–H groups in total. The number of carbonyl (C=O) groups is 1. The number of rotatable bonds is 8. The smallest absolute Gasteiger partial charge is 0.130 e. The van der Waals surface area contributed by atoms with Gasteiger partial charge in [-0.3, -0.25) is 0 Å². The van der Waals surface area contributed by atoms with Crippen molar-refractivity contribution in [1.29, 1.82) is 0 Å². The summed E-state index contributed by atoms with van der Waals surface area (Å²) in [7, 11) is 0. The standard InChI is InChI=1S/C21H24O2.U.Zn/c1-4-7-18-8-6-9-21(20(18)5-2)23-19-14-12-17(13-15-19)11-10-16(3)22;;/h6-8,12-15H,4-5,10-11H2,1-3H3;;/q-2;;. The van der Waals surface area contributed by atoms with Crippen molar-refractivity contribution in [3.8, 4) is 11.5 Å². The molecular weight excluding hydrogens is 588 g/mol. The van der Waals surface area contributed by atoms with E-state index in [4.69, 9.17) is 4.74 Å². The van der Waals surface area contributed by atoms with Gasteiger partial charge < -0.3 is 9.53 Å². The molecule has 2 aromatic carbocycles. The minimum absolute atomic E-state index is 0. The van der Waals surface area contributed by atoms with Crippen molar-refractivity contribution in [2.75, 3.05) is 0 Å². The molecule has 2 aromatic rings. The van der Waals surface area contributed by atoms with Crippen molar-refractivity contribution in [2.24, 2.45) is 0 Å². The van der Waals surface area contributed by atoms with Crippen molar-refractivity contribution < 1.29 is 60.1 Å². The average molecular weight is 612 g/mol. The van der Waals surface area contributed by atoms with E-state index in [1.165, 1.54) is 11.1 Å². The van der Waals surface area contributed by atoms with Crippen molar-refractivity contribution >= 4 is 5.78 Å². The summed E-state index contributed by atoms with van der Waals surface area (Å²) < 4.78 is 6.03. The summed E-state index contributed by atoms with van der Waals surface area (Å²) in [5, 5.41) is 0. The fourth-order valence-corrected chi connectivity index (χ4v) is 2.56. The zero-order valence-corrected chi connectivity index (χ0v) is 22.5. The van der Waals surface area contributed by atoms with E-state index < -0.39 is 0 Å². The average Bonchev–Trinajstić information content (AvgIpc) is 2.55. The molecule has 0 unspecified atom stereocenters. The predicted molar refractivity (Wildman–Crippen MR) is 93.9 cm³/mol. The molecule has 0 spiro atoms. The van der Waals surface area contributed by atoms with Crippen LogP contribution in [-0.4, -0.2) is 5.78 Å². The Hall–Kier alpha value is -0.545. The number of hydrogen-bond donors (Lipinski definition) is 0. The second kappa shape index (κ2) is 12.8. The van der Waals surface area contributed by atoms with Gasteiger partial charge in [-0.1, -0.05) is 38.8 Å². The summed E-state index contributed by atoms with van der Waals surface area (Å²) in [5.41, 5.74) is 3.57. The Morgan fingerprint density at radius 1 is 1.16 bits per heavy atom. The van der Waals surface area contributed by atoms with Crippen LogP contribution in [0.4, 0.5) is 0 Å². The maximum Gasteiger partial charge on any atom is 0.130 e. The van der Waals surface area contributed by atoms with Gasteiger partial charge in [-0.2, -0.15) is 24.1 Å². The van der Waals surface area contributed by atoms with Gasteiger partial charge >= 0.3 is 0 Å². The molecule has 0 saturated heterocycles. The number of hydrogen-bond acceptors (Lipinski definition) is 2. The Bertz CT molecular complexity index is 653. The van der Waals surface area contributed by atoms with Crippen molar-refractivity contribution in [3.63, 3.8) is 0 Å². The summed E-state index contributed by atoms with van der Waals surface area (Å²) in [5.74, 6) is 1.82. The molecule has 0 aliphatic heterocycles. The Balaban J connectivity index is 0.00000288. The molecular formula is C21H24O2UZn-2. The van der Waals surface area contributed by atoms with Gasteiger partial charge in [0.05, 0.1) is 0 Å². The third kappa shape index (κ3) is 7.70. The van der Waals surface area contributed by atoms with Crippen LogP contribution in [0.25, 0.3) is 0 Å². The second-order valence-electron chi connectivity index (χ2n) is 5.65. The van der Waals surface area contributed by atoms with Gasteiger partial charge in [0, 0.05) is 62.8 Å². The van der Waals surface area contributed by atoms with Crippen LogP contribution < -0.4 is 4.74 Å². The Kier molecular flexibility index (Phi) is 12.5. The fourth-order valence-electron chi connectivity index (χ4n) is 2.56. The van der Waals surface area contributed by atoms with Crippen LogP contribution in [0.2, 0.25) is 0 Å². The van der Waals surface area contributed by atoms with Crippen LogP contribution in [0.3, 0.4) is 0 Å². The van der Waals surface area contributed by atoms with Gasteiger partial charge in [-0.05, 0) is 31.0 Å². The molecule has 0 aliphatic rings. The summed E-state index contributed by atoms with van der Waals surface area (Å²) in [6, 6.07) is 15.2. The first-order valence-corrected chi connectivity index (χ1v) is 8.27.